The van der Waals surface area contributed by atoms with Crippen LogP contribution in [0, 0.1) is 0 Å². The van der Waals surface area contributed by atoms with Crippen LogP contribution in [0.5, 0.6) is 0 Å². The summed E-state index contributed by atoms with van der Waals surface area (Å²) in [4.78, 5) is 38.8. The van der Waals surface area contributed by atoms with Crippen molar-refractivity contribution >= 4 is 23.6 Å². The molecule has 2 N–H and O–H groups in total. The summed E-state index contributed by atoms with van der Waals surface area (Å²) < 4.78 is 11.3. The van der Waals surface area contributed by atoms with Crippen LogP contribution in [0.3, 0.4) is 0 Å². The van der Waals surface area contributed by atoms with Crippen molar-refractivity contribution in [2.45, 2.75) is 71.2 Å². The van der Waals surface area contributed by atoms with Crippen LogP contribution in [-0.2, 0) is 22.4 Å². The summed E-state index contributed by atoms with van der Waals surface area (Å²) in [6.45, 7) is 10.7. The molecule has 0 spiro atoms. The van der Waals surface area contributed by atoms with Gasteiger partial charge in [-0.2, -0.15) is 0 Å². The highest BCUT2D eigenvalue weighted by atomic mass is 16.6. The predicted octanol–water partition coefficient (Wildman–Crippen LogP) is 3.95. The summed E-state index contributed by atoms with van der Waals surface area (Å²) in [5, 5.41) is 5.80. The number of nitrogens with zero attached hydrogens (tertiary/aromatic N) is 4. The lowest BCUT2D eigenvalue weighted by molar-refractivity contribution is 0.0220. The Labute approximate surface area is 217 Å². The molecule has 10 heteroatoms. The van der Waals surface area contributed by atoms with Gasteiger partial charge < -0.3 is 29.9 Å². The first kappa shape index (κ1) is 25.3. The number of rotatable bonds is 4. The second-order valence-electron chi connectivity index (χ2n) is 11.0. The summed E-state index contributed by atoms with van der Waals surface area (Å²) in [7, 11) is 0. The zero-order valence-corrected chi connectivity index (χ0v) is 22.0. The molecule has 0 radical (unpaired) electrons. The standard InChI is InChI=1S/C27H36N6O4/c1-17-16-36-14-13-33(17)24-21-11-12-32(26(35)37-27(2,3)4)15-22(21)30-23(31-24)18-5-7-19(8-6-18)28-25(34)29-20-9-10-20/h5-8,17,20H,9-16H2,1-4H3,(H2,28,29,34). The molecule has 1 unspecified atom stereocenters. The third-order valence-corrected chi connectivity index (χ3v) is 6.65. The first-order chi connectivity index (χ1) is 17.7. The number of morpholine rings is 1. The number of anilines is 2. The van der Waals surface area contributed by atoms with Crippen LogP contribution in [0.1, 0.15) is 51.8 Å². The van der Waals surface area contributed by atoms with Crippen LogP contribution in [0.15, 0.2) is 24.3 Å². The molecule has 10 nitrogen and oxygen atoms in total. The Morgan fingerprint density at radius 1 is 1.11 bits per heavy atom. The van der Waals surface area contributed by atoms with Crippen LogP contribution in [0.4, 0.5) is 21.1 Å². The molecule has 37 heavy (non-hydrogen) atoms. The fourth-order valence-electron chi connectivity index (χ4n) is 4.58. The number of carbonyl (C=O) groups excluding carboxylic acids is 2. The molecule has 5 rings (SSSR count). The van der Waals surface area contributed by atoms with Gasteiger partial charge in [-0.05, 0) is 71.2 Å². The minimum Gasteiger partial charge on any atom is -0.444 e. The Morgan fingerprint density at radius 2 is 1.86 bits per heavy atom. The van der Waals surface area contributed by atoms with Crippen LogP contribution in [-0.4, -0.2) is 71.0 Å². The number of amides is 3. The van der Waals surface area contributed by atoms with E-state index in [0.717, 1.165) is 42.0 Å². The van der Waals surface area contributed by atoms with Gasteiger partial charge in [-0.25, -0.2) is 19.6 Å². The molecule has 2 aliphatic heterocycles. The monoisotopic (exact) mass is 508 g/mol. The number of ether oxygens (including phenoxy) is 2. The highest BCUT2D eigenvalue weighted by molar-refractivity contribution is 5.89. The lowest BCUT2D eigenvalue weighted by atomic mass is 10.0. The number of benzene rings is 1. The highest BCUT2D eigenvalue weighted by Crippen LogP contribution is 2.32. The Hall–Kier alpha value is -3.40. The maximum Gasteiger partial charge on any atom is 0.410 e. The van der Waals surface area contributed by atoms with Crippen LogP contribution >= 0.6 is 0 Å². The van der Waals surface area contributed by atoms with E-state index in [2.05, 4.69) is 22.5 Å². The molecule has 1 saturated heterocycles. The number of hydrogen-bond acceptors (Lipinski definition) is 7. The molecule has 3 aliphatic rings. The average molecular weight is 509 g/mol. The molecule has 1 aromatic carbocycles. The van der Waals surface area contributed by atoms with Crippen molar-refractivity contribution in [3.8, 4) is 11.4 Å². The number of nitrogens with one attached hydrogen (secondary N) is 2. The van der Waals surface area contributed by atoms with Gasteiger partial charge in [0.25, 0.3) is 0 Å². The highest BCUT2D eigenvalue weighted by Gasteiger charge is 2.32. The van der Waals surface area contributed by atoms with Crippen molar-refractivity contribution in [3.05, 3.63) is 35.5 Å². The fraction of sp³-hybridized carbons (Fsp3) is 0.556. The Bertz CT molecular complexity index is 1160. The lowest BCUT2D eigenvalue weighted by Crippen LogP contribution is -2.46. The third kappa shape index (κ3) is 6.12. The van der Waals surface area contributed by atoms with Gasteiger partial charge in [0.05, 0.1) is 31.5 Å². The quantitative estimate of drug-likeness (QED) is 0.644. The van der Waals surface area contributed by atoms with Gasteiger partial charge >= 0.3 is 12.1 Å². The Balaban J connectivity index is 1.43. The summed E-state index contributed by atoms with van der Waals surface area (Å²) in [5.74, 6) is 1.50. The van der Waals surface area contributed by atoms with Gasteiger partial charge in [-0.3, -0.25) is 0 Å². The fourth-order valence-corrected chi connectivity index (χ4v) is 4.58. The molecule has 1 aromatic heterocycles. The molecule has 1 aliphatic carbocycles. The van der Waals surface area contributed by atoms with Gasteiger partial charge in [-0.1, -0.05) is 0 Å². The van der Waals surface area contributed by atoms with E-state index in [1.54, 1.807) is 4.90 Å². The van der Waals surface area contributed by atoms with E-state index in [-0.39, 0.29) is 18.2 Å². The maximum atomic E-state index is 12.8. The zero-order chi connectivity index (χ0) is 26.2. The molecule has 2 fully saturated rings. The van der Waals surface area contributed by atoms with Crippen molar-refractivity contribution in [2.75, 3.05) is 36.5 Å². The zero-order valence-electron chi connectivity index (χ0n) is 22.0. The second-order valence-corrected chi connectivity index (χ2v) is 11.0. The minimum absolute atomic E-state index is 0.182. The summed E-state index contributed by atoms with van der Waals surface area (Å²) in [6, 6.07) is 7.82. The van der Waals surface area contributed by atoms with Gasteiger partial charge in [0.1, 0.15) is 11.4 Å². The number of fused-ring (bicyclic) bond motifs is 1. The van der Waals surface area contributed by atoms with Gasteiger partial charge in [0.15, 0.2) is 5.82 Å². The lowest BCUT2D eigenvalue weighted by Gasteiger charge is -2.38. The van der Waals surface area contributed by atoms with E-state index in [9.17, 15) is 9.59 Å². The maximum absolute atomic E-state index is 12.8. The van der Waals surface area contributed by atoms with Crippen molar-refractivity contribution in [1.29, 1.82) is 0 Å². The van der Waals surface area contributed by atoms with E-state index in [0.29, 0.717) is 50.3 Å². The van der Waals surface area contributed by atoms with E-state index >= 15 is 0 Å². The molecule has 198 valence electrons. The molecule has 1 saturated carbocycles. The number of aromatic nitrogens is 2. The first-order valence-corrected chi connectivity index (χ1v) is 13.1. The van der Waals surface area contributed by atoms with E-state index in [1.165, 1.54) is 0 Å². The van der Waals surface area contributed by atoms with E-state index in [4.69, 9.17) is 19.4 Å². The van der Waals surface area contributed by atoms with Crippen LogP contribution < -0.4 is 15.5 Å². The van der Waals surface area contributed by atoms with Crippen molar-refractivity contribution in [1.82, 2.24) is 20.2 Å². The second kappa shape index (κ2) is 10.2. The van der Waals surface area contributed by atoms with Crippen molar-refractivity contribution in [3.63, 3.8) is 0 Å². The number of urea groups is 1. The van der Waals surface area contributed by atoms with Gasteiger partial charge in [0.2, 0.25) is 0 Å². The van der Waals surface area contributed by atoms with Crippen molar-refractivity contribution in [2.24, 2.45) is 0 Å². The first-order valence-electron chi connectivity index (χ1n) is 13.1. The molecule has 2 aromatic rings. The molecular weight excluding hydrogens is 472 g/mol. The largest absolute Gasteiger partial charge is 0.444 e. The third-order valence-electron chi connectivity index (χ3n) is 6.65. The van der Waals surface area contributed by atoms with E-state index in [1.807, 2.05) is 45.0 Å². The van der Waals surface area contributed by atoms with Gasteiger partial charge in [-0.15, -0.1) is 0 Å². The SMILES string of the molecule is CC1COCCN1c1nc(-c2ccc(NC(=O)NC3CC3)cc2)nc2c1CCN(C(=O)OC(C)(C)C)C2. The topological polar surface area (TPSA) is 109 Å². The minimum atomic E-state index is -0.562. The summed E-state index contributed by atoms with van der Waals surface area (Å²) >= 11 is 0. The smallest absolute Gasteiger partial charge is 0.410 e. The van der Waals surface area contributed by atoms with Crippen LogP contribution in [0.2, 0.25) is 0 Å². The number of hydrogen-bond donors (Lipinski definition) is 2. The molecular formula is C27H36N6O4. The van der Waals surface area contributed by atoms with E-state index < -0.39 is 5.60 Å². The number of carbonyl (C=O) groups is 2. The Morgan fingerprint density at radius 3 is 2.54 bits per heavy atom. The normalized spacial score (nSPS) is 19.7. The predicted molar refractivity (Wildman–Crippen MR) is 141 cm³/mol. The molecule has 3 amide bonds. The summed E-state index contributed by atoms with van der Waals surface area (Å²) in [6.07, 6.45) is 2.40. The molecule has 1 atom stereocenters. The van der Waals surface area contributed by atoms with Gasteiger partial charge in [0, 0.05) is 35.9 Å². The van der Waals surface area contributed by atoms with Crippen molar-refractivity contribution < 1.29 is 19.1 Å². The summed E-state index contributed by atoms with van der Waals surface area (Å²) in [5.41, 5.74) is 2.90. The van der Waals surface area contributed by atoms with Crippen LogP contribution in [0.25, 0.3) is 11.4 Å². The Kier molecular flexibility index (Phi) is 6.94. The average Bonchev–Trinajstić information content (AvgIpc) is 3.66. The molecule has 3 heterocycles. The molecule has 0 bridgehead atoms.